The highest BCUT2D eigenvalue weighted by Crippen LogP contribution is 2.24. The Morgan fingerprint density at radius 3 is 2.07 bits per heavy atom. The van der Waals surface area contributed by atoms with Gasteiger partial charge in [-0.15, -0.1) is 0 Å². The van der Waals surface area contributed by atoms with Crippen LogP contribution in [0.1, 0.15) is 44.9 Å². The van der Waals surface area contributed by atoms with E-state index >= 15 is 0 Å². The summed E-state index contributed by atoms with van der Waals surface area (Å²) >= 11 is 0. The van der Waals surface area contributed by atoms with Crippen LogP contribution in [0.2, 0.25) is 0 Å². The van der Waals surface area contributed by atoms with E-state index in [1.807, 2.05) is 23.1 Å². The minimum Gasteiger partial charge on any atom is -0.322 e. The predicted octanol–water partition coefficient (Wildman–Crippen LogP) is 4.89. The van der Waals surface area contributed by atoms with E-state index < -0.39 is 0 Å². The zero-order valence-electron chi connectivity index (χ0n) is 16.9. The number of anilines is 1. The summed E-state index contributed by atoms with van der Waals surface area (Å²) in [6.45, 7) is 12.1. The fourth-order valence-electron chi connectivity index (χ4n) is 3.51. The Labute approximate surface area is 163 Å². The van der Waals surface area contributed by atoms with E-state index in [4.69, 9.17) is 0 Å². The third kappa shape index (κ3) is 4.89. The van der Waals surface area contributed by atoms with Crippen molar-refractivity contribution in [1.29, 1.82) is 0 Å². The van der Waals surface area contributed by atoms with Crippen molar-refractivity contribution >= 4 is 11.7 Å². The second kappa shape index (κ2) is 8.13. The van der Waals surface area contributed by atoms with Gasteiger partial charge in [0.15, 0.2) is 0 Å². The Morgan fingerprint density at radius 1 is 0.926 bits per heavy atom. The number of nitrogens with one attached hydrogen (secondary N) is 1. The van der Waals surface area contributed by atoms with Gasteiger partial charge < -0.3 is 10.2 Å². The maximum Gasteiger partial charge on any atom is 0.321 e. The Hall–Kier alpha value is -2.33. The molecule has 0 spiro atoms. The van der Waals surface area contributed by atoms with Gasteiger partial charge in [0.05, 0.1) is 0 Å². The molecule has 0 saturated carbocycles. The van der Waals surface area contributed by atoms with Crippen molar-refractivity contribution in [1.82, 2.24) is 9.80 Å². The van der Waals surface area contributed by atoms with Crippen LogP contribution in [-0.2, 0) is 5.41 Å². The normalized spacial score (nSPS) is 16.8. The smallest absolute Gasteiger partial charge is 0.321 e. The van der Waals surface area contributed by atoms with Crippen LogP contribution in [0.3, 0.4) is 0 Å². The van der Waals surface area contributed by atoms with E-state index in [9.17, 15) is 4.79 Å². The van der Waals surface area contributed by atoms with Crippen molar-refractivity contribution < 1.29 is 4.79 Å². The van der Waals surface area contributed by atoms with E-state index in [1.54, 1.807) is 0 Å². The fraction of sp³-hybridized carbons (Fsp3) is 0.435. The van der Waals surface area contributed by atoms with Gasteiger partial charge in [-0.2, -0.15) is 0 Å². The molecule has 4 heteroatoms. The van der Waals surface area contributed by atoms with Crippen LogP contribution in [-0.4, -0.2) is 42.0 Å². The summed E-state index contributed by atoms with van der Waals surface area (Å²) in [5.74, 6) is 0. The molecule has 0 bridgehead atoms. The lowest BCUT2D eigenvalue weighted by Gasteiger charge is -2.38. The van der Waals surface area contributed by atoms with Crippen LogP contribution in [0.15, 0.2) is 54.6 Å². The van der Waals surface area contributed by atoms with E-state index in [-0.39, 0.29) is 11.4 Å². The largest absolute Gasteiger partial charge is 0.322 e. The number of carbonyl (C=O) groups excluding carboxylic acids is 1. The number of nitrogens with zero attached hydrogens (tertiary/aromatic N) is 2. The molecule has 0 radical (unpaired) electrons. The molecule has 2 aromatic carbocycles. The summed E-state index contributed by atoms with van der Waals surface area (Å²) in [6, 6.07) is 19.1. The van der Waals surface area contributed by atoms with Gasteiger partial charge in [0.1, 0.15) is 0 Å². The number of rotatable bonds is 3. The fourth-order valence-corrected chi connectivity index (χ4v) is 3.51. The van der Waals surface area contributed by atoms with Gasteiger partial charge in [0.25, 0.3) is 0 Å². The first kappa shape index (κ1) is 19.4. The Morgan fingerprint density at radius 2 is 1.52 bits per heavy atom. The summed E-state index contributed by atoms with van der Waals surface area (Å²) < 4.78 is 0. The molecule has 0 aromatic heterocycles. The molecule has 1 fully saturated rings. The lowest BCUT2D eigenvalue weighted by atomic mass is 9.87. The summed E-state index contributed by atoms with van der Waals surface area (Å²) in [4.78, 5) is 16.9. The molecule has 1 aliphatic heterocycles. The first-order valence-electron chi connectivity index (χ1n) is 9.80. The quantitative estimate of drug-likeness (QED) is 0.840. The number of hydrogen-bond acceptors (Lipinski definition) is 2. The molecule has 4 nitrogen and oxygen atoms in total. The van der Waals surface area contributed by atoms with E-state index in [0.29, 0.717) is 6.04 Å². The van der Waals surface area contributed by atoms with Crippen LogP contribution in [0.25, 0.3) is 0 Å². The number of piperazine rings is 1. The van der Waals surface area contributed by atoms with Crippen LogP contribution in [0, 0.1) is 0 Å². The SMILES string of the molecule is CC(c1ccccc1)N1CCN(C(=O)Nc2ccc(C(C)(C)C)cc2)CC1. The van der Waals surface area contributed by atoms with Crippen LogP contribution in [0.4, 0.5) is 10.5 Å². The Kier molecular flexibility index (Phi) is 5.85. The molecule has 1 saturated heterocycles. The lowest BCUT2D eigenvalue weighted by molar-refractivity contribution is 0.119. The molecule has 1 N–H and O–H groups in total. The third-order valence-electron chi connectivity index (χ3n) is 5.43. The van der Waals surface area contributed by atoms with Crippen molar-refractivity contribution in [3.05, 3.63) is 65.7 Å². The second-order valence-electron chi connectivity index (χ2n) is 8.37. The highest BCUT2D eigenvalue weighted by Gasteiger charge is 2.24. The van der Waals surface area contributed by atoms with Gasteiger partial charge in [0.2, 0.25) is 0 Å². The molecule has 1 atom stereocenters. The van der Waals surface area contributed by atoms with Crippen LogP contribution >= 0.6 is 0 Å². The average Bonchev–Trinajstić information content (AvgIpc) is 2.68. The first-order valence-corrected chi connectivity index (χ1v) is 9.80. The summed E-state index contributed by atoms with van der Waals surface area (Å²) in [5.41, 5.74) is 3.57. The first-order chi connectivity index (χ1) is 12.8. The minimum absolute atomic E-state index is 0.00878. The Bertz CT molecular complexity index is 741. The lowest BCUT2D eigenvalue weighted by Crippen LogP contribution is -2.50. The van der Waals surface area contributed by atoms with Gasteiger partial charge in [0, 0.05) is 37.9 Å². The zero-order chi connectivity index (χ0) is 19.4. The molecule has 2 amide bonds. The van der Waals surface area contributed by atoms with Gasteiger partial charge in [-0.3, -0.25) is 4.90 Å². The van der Waals surface area contributed by atoms with Crippen molar-refractivity contribution in [3.8, 4) is 0 Å². The molecule has 2 aromatic rings. The third-order valence-corrected chi connectivity index (χ3v) is 5.43. The maximum absolute atomic E-state index is 12.6. The van der Waals surface area contributed by atoms with Crippen molar-refractivity contribution in [2.45, 2.75) is 39.2 Å². The molecular formula is C23H31N3O. The highest BCUT2D eigenvalue weighted by atomic mass is 16.2. The van der Waals surface area contributed by atoms with Crippen molar-refractivity contribution in [3.63, 3.8) is 0 Å². The van der Waals surface area contributed by atoms with E-state index in [2.05, 4.69) is 74.3 Å². The number of benzene rings is 2. The minimum atomic E-state index is -0.00878. The molecule has 1 aliphatic rings. The van der Waals surface area contributed by atoms with E-state index in [0.717, 1.165) is 31.9 Å². The molecule has 1 heterocycles. The molecule has 1 unspecified atom stereocenters. The number of hydrogen-bond donors (Lipinski definition) is 1. The summed E-state index contributed by atoms with van der Waals surface area (Å²) in [7, 11) is 0. The zero-order valence-corrected chi connectivity index (χ0v) is 16.9. The maximum atomic E-state index is 12.6. The van der Waals surface area contributed by atoms with Gasteiger partial charge in [-0.05, 0) is 35.6 Å². The topological polar surface area (TPSA) is 35.6 Å². The average molecular weight is 366 g/mol. The predicted molar refractivity (Wildman–Crippen MR) is 112 cm³/mol. The molecule has 144 valence electrons. The van der Waals surface area contributed by atoms with Gasteiger partial charge >= 0.3 is 6.03 Å². The van der Waals surface area contributed by atoms with E-state index in [1.165, 1.54) is 11.1 Å². The Balaban J connectivity index is 1.53. The summed E-state index contributed by atoms with van der Waals surface area (Å²) in [6.07, 6.45) is 0. The monoisotopic (exact) mass is 365 g/mol. The number of urea groups is 1. The van der Waals surface area contributed by atoms with Crippen LogP contribution in [0.5, 0.6) is 0 Å². The molecule has 3 rings (SSSR count). The molecular weight excluding hydrogens is 334 g/mol. The molecule has 27 heavy (non-hydrogen) atoms. The number of amides is 2. The van der Waals surface area contributed by atoms with Crippen molar-refractivity contribution in [2.24, 2.45) is 0 Å². The molecule has 0 aliphatic carbocycles. The van der Waals surface area contributed by atoms with Crippen molar-refractivity contribution in [2.75, 3.05) is 31.5 Å². The van der Waals surface area contributed by atoms with Gasteiger partial charge in [-0.1, -0.05) is 63.2 Å². The number of carbonyl (C=O) groups is 1. The second-order valence-corrected chi connectivity index (χ2v) is 8.37. The van der Waals surface area contributed by atoms with Crippen LogP contribution < -0.4 is 5.32 Å². The summed E-state index contributed by atoms with van der Waals surface area (Å²) in [5, 5.41) is 3.03. The van der Waals surface area contributed by atoms with Gasteiger partial charge in [-0.25, -0.2) is 4.79 Å². The standard InChI is InChI=1S/C23H31N3O/c1-18(19-8-6-5-7-9-19)25-14-16-26(17-15-25)22(27)24-21-12-10-20(11-13-21)23(2,3)4/h5-13,18H,14-17H2,1-4H3,(H,24,27). The highest BCUT2D eigenvalue weighted by molar-refractivity contribution is 5.89.